The summed E-state index contributed by atoms with van der Waals surface area (Å²) in [5.41, 5.74) is 0. The molecule has 0 aromatic carbocycles. The van der Waals surface area contributed by atoms with Crippen molar-refractivity contribution in [1.29, 1.82) is 0 Å². The molecule has 4 nitrogen and oxygen atoms in total. The van der Waals surface area contributed by atoms with Gasteiger partial charge in [-0.2, -0.15) is 83.1 Å². The minimum atomic E-state index is -8.80. The van der Waals surface area contributed by atoms with E-state index in [0.29, 0.717) is 19.3 Å². The number of hydrogen-bond acceptors (Lipinski definition) is 3. The second-order valence-electron chi connectivity index (χ2n) is 8.14. The molecule has 0 spiro atoms. The van der Waals surface area contributed by atoms with Crippen molar-refractivity contribution in [3.8, 4) is 0 Å². The largest absolute Gasteiger partial charge is 0.460 e. The molecule has 0 bridgehead atoms. The van der Waals surface area contributed by atoms with E-state index in [1.165, 1.54) is 0 Å². The minimum Gasteiger partial charge on any atom is -0.264 e. The molecular formula is C17H19F17O4S. The summed E-state index contributed by atoms with van der Waals surface area (Å²) in [5, 5.41) is 0. The van der Waals surface area contributed by atoms with E-state index in [1.54, 1.807) is 6.92 Å². The van der Waals surface area contributed by atoms with Crippen molar-refractivity contribution < 1.29 is 91.8 Å². The molecule has 236 valence electrons. The first-order valence-electron chi connectivity index (χ1n) is 10.3. The summed E-state index contributed by atoms with van der Waals surface area (Å²) in [5.74, 6) is -58.4. The van der Waals surface area contributed by atoms with E-state index >= 15 is 0 Å². The Morgan fingerprint density at radius 3 is 1.26 bits per heavy atom. The number of rotatable bonds is 16. The number of unbranched alkanes of at least 4 members (excludes halogenated alkanes) is 5. The molecular weight excluding hydrogens is 623 g/mol. The maximum atomic E-state index is 14.3. The second kappa shape index (κ2) is 11.5. The fourth-order valence-corrected chi connectivity index (χ4v) is 3.44. The SMILES string of the molecule is CCCCCCCCC(OS(=O)(=O)O)C(F)(F)C(F)(F)C(F)(F)C(F)(F)C(F)(F)C(F)(F)C(F)(F)C(F)(F)F. The predicted octanol–water partition coefficient (Wildman–Crippen LogP) is 7.93. The van der Waals surface area contributed by atoms with Crippen molar-refractivity contribution in [2.75, 3.05) is 0 Å². The molecule has 1 unspecified atom stereocenters. The lowest BCUT2D eigenvalue weighted by atomic mass is 9.87. The topological polar surface area (TPSA) is 63.6 Å². The molecule has 1 N–H and O–H groups in total. The molecule has 22 heteroatoms. The van der Waals surface area contributed by atoms with E-state index in [0.717, 1.165) is 0 Å². The zero-order valence-electron chi connectivity index (χ0n) is 19.0. The van der Waals surface area contributed by atoms with Gasteiger partial charge in [-0.25, -0.2) is 4.18 Å². The normalized spacial score (nSPS) is 16.5. The highest BCUT2D eigenvalue weighted by atomic mass is 32.3. The van der Waals surface area contributed by atoms with Gasteiger partial charge in [0.25, 0.3) is 0 Å². The van der Waals surface area contributed by atoms with Gasteiger partial charge in [0.2, 0.25) is 0 Å². The molecule has 39 heavy (non-hydrogen) atoms. The van der Waals surface area contributed by atoms with Gasteiger partial charge in [-0.1, -0.05) is 45.4 Å². The summed E-state index contributed by atoms with van der Waals surface area (Å²) >= 11 is 0. The molecule has 0 aromatic heterocycles. The Bertz CT molecular complexity index is 915. The van der Waals surface area contributed by atoms with E-state index < -0.39 is 77.0 Å². The van der Waals surface area contributed by atoms with Gasteiger partial charge in [-0.15, -0.1) is 0 Å². The number of halogens is 17. The Balaban J connectivity index is 6.65. The molecule has 1 atom stereocenters. The first-order chi connectivity index (χ1) is 16.9. The van der Waals surface area contributed by atoms with Gasteiger partial charge >= 0.3 is 58.0 Å². The molecule has 0 heterocycles. The van der Waals surface area contributed by atoms with Crippen LogP contribution >= 0.6 is 0 Å². The third-order valence-corrected chi connectivity index (χ3v) is 5.68. The van der Waals surface area contributed by atoms with Crippen molar-refractivity contribution in [2.24, 2.45) is 0 Å². The third-order valence-electron chi connectivity index (χ3n) is 5.21. The van der Waals surface area contributed by atoms with Crippen molar-refractivity contribution in [1.82, 2.24) is 0 Å². The second-order valence-corrected chi connectivity index (χ2v) is 9.18. The van der Waals surface area contributed by atoms with Crippen LogP contribution in [-0.4, -0.2) is 66.7 Å². The molecule has 0 amide bonds. The van der Waals surface area contributed by atoms with E-state index in [9.17, 15) is 83.1 Å². The monoisotopic (exact) mass is 642 g/mol. The molecule has 0 fully saturated rings. The zero-order chi connectivity index (χ0) is 31.7. The molecule has 0 aromatic rings. The number of hydrogen-bond donors (Lipinski definition) is 1. The molecule has 0 aliphatic heterocycles. The van der Waals surface area contributed by atoms with Crippen molar-refractivity contribution in [3.05, 3.63) is 0 Å². The Hall–Kier alpha value is -1.32. The highest BCUT2D eigenvalue weighted by Crippen LogP contribution is 2.64. The molecule has 0 aliphatic rings. The number of alkyl halides is 17. The van der Waals surface area contributed by atoms with Crippen molar-refractivity contribution in [3.63, 3.8) is 0 Å². The minimum absolute atomic E-state index is 0.0946. The smallest absolute Gasteiger partial charge is 0.264 e. The maximum Gasteiger partial charge on any atom is 0.460 e. The highest BCUT2D eigenvalue weighted by molar-refractivity contribution is 7.80. The van der Waals surface area contributed by atoms with E-state index in [4.69, 9.17) is 4.55 Å². The molecule has 0 saturated heterocycles. The molecule has 0 saturated carbocycles. The summed E-state index contributed by atoms with van der Waals surface area (Å²) < 4.78 is 261. The van der Waals surface area contributed by atoms with Gasteiger partial charge < -0.3 is 0 Å². The molecule has 0 radical (unpaired) electrons. The summed E-state index contributed by atoms with van der Waals surface area (Å²) in [4.78, 5) is 0. The van der Waals surface area contributed by atoms with Crippen LogP contribution in [0.25, 0.3) is 0 Å². The van der Waals surface area contributed by atoms with Gasteiger partial charge in [0.1, 0.15) is 6.10 Å². The van der Waals surface area contributed by atoms with Crippen molar-refractivity contribution >= 4 is 10.4 Å². The van der Waals surface area contributed by atoms with Crippen LogP contribution in [0.1, 0.15) is 51.9 Å². The molecule has 0 aliphatic carbocycles. The molecule has 0 rings (SSSR count). The third kappa shape index (κ3) is 6.78. The summed E-state index contributed by atoms with van der Waals surface area (Å²) in [6.07, 6.45) is -13.5. The highest BCUT2D eigenvalue weighted by Gasteiger charge is 2.95. The zero-order valence-corrected chi connectivity index (χ0v) is 19.8. The Morgan fingerprint density at radius 2 is 0.897 bits per heavy atom. The van der Waals surface area contributed by atoms with Crippen LogP contribution in [0, 0.1) is 0 Å². The Kier molecular flexibility index (Phi) is 11.1. The van der Waals surface area contributed by atoms with Gasteiger partial charge in [0.05, 0.1) is 0 Å². The first-order valence-corrected chi connectivity index (χ1v) is 11.7. The lowest BCUT2D eigenvalue weighted by Gasteiger charge is -2.43. The average Bonchev–Trinajstić information content (AvgIpc) is 2.72. The van der Waals surface area contributed by atoms with Crippen molar-refractivity contribution in [2.45, 2.75) is 106 Å². The van der Waals surface area contributed by atoms with E-state index in [-0.39, 0.29) is 12.8 Å². The summed E-state index contributed by atoms with van der Waals surface area (Å²) in [7, 11) is -6.32. The van der Waals surface area contributed by atoms with Crippen LogP contribution in [-0.2, 0) is 14.6 Å². The summed E-state index contributed by atoms with van der Waals surface area (Å²) in [6.45, 7) is 1.69. The average molecular weight is 642 g/mol. The van der Waals surface area contributed by atoms with Crippen LogP contribution in [0.15, 0.2) is 0 Å². The van der Waals surface area contributed by atoms with Crippen LogP contribution in [0.2, 0.25) is 0 Å². The van der Waals surface area contributed by atoms with Gasteiger partial charge in [-0.05, 0) is 6.42 Å². The van der Waals surface area contributed by atoms with Crippen LogP contribution in [0.3, 0.4) is 0 Å². The fraction of sp³-hybridized carbons (Fsp3) is 1.00. The lowest BCUT2D eigenvalue weighted by Crippen LogP contribution is -2.75. The van der Waals surface area contributed by atoms with Crippen LogP contribution in [0.5, 0.6) is 0 Å². The maximum absolute atomic E-state index is 14.3. The standard InChI is InChI=1S/C17H19F17O4S/c1-2-3-4-5-6-7-8-9(38-39(35,36)37)10(18,19)11(20,21)12(22,23)13(24,25)14(26,27)15(28,29)16(30,31)17(32,33)34/h9H,2-8H2,1H3,(H,35,36,37). The summed E-state index contributed by atoms with van der Waals surface area (Å²) in [6, 6.07) is 0. The van der Waals surface area contributed by atoms with E-state index in [1.807, 2.05) is 0 Å². The quantitative estimate of drug-likeness (QED) is 0.106. The Labute approximate surface area is 208 Å². The Morgan fingerprint density at radius 1 is 0.564 bits per heavy atom. The van der Waals surface area contributed by atoms with Crippen LogP contribution in [0.4, 0.5) is 74.6 Å². The first kappa shape index (κ1) is 37.7. The predicted molar refractivity (Wildman–Crippen MR) is 95.1 cm³/mol. The fourth-order valence-electron chi connectivity index (χ4n) is 2.92. The van der Waals surface area contributed by atoms with Gasteiger partial charge in [0.15, 0.2) is 0 Å². The van der Waals surface area contributed by atoms with Crippen LogP contribution < -0.4 is 0 Å². The lowest BCUT2D eigenvalue weighted by molar-refractivity contribution is -0.463. The van der Waals surface area contributed by atoms with E-state index in [2.05, 4.69) is 4.18 Å². The van der Waals surface area contributed by atoms with Gasteiger partial charge in [-0.3, -0.25) is 4.55 Å². The van der Waals surface area contributed by atoms with Gasteiger partial charge in [0, 0.05) is 0 Å².